The Labute approximate surface area is 154 Å². The first-order valence-corrected chi connectivity index (χ1v) is 10.7. The molecule has 4 nitrogen and oxygen atoms in total. The Morgan fingerprint density at radius 2 is 2.04 bits per heavy atom. The van der Waals surface area contributed by atoms with Crippen molar-refractivity contribution in [3.63, 3.8) is 0 Å². The fourth-order valence-electron chi connectivity index (χ4n) is 3.35. The number of nitrogens with one attached hydrogen (secondary N) is 2. The third-order valence-corrected chi connectivity index (χ3v) is 6.15. The van der Waals surface area contributed by atoms with Crippen LogP contribution in [-0.2, 0) is 29.4 Å². The normalized spacial score (nSPS) is 17.5. The monoisotopic (exact) mass is 376 g/mol. The standard InChI is InChI=1S/C20H25FN2O2S/c1-2-26(24,25)23-14-16-8-9-17-6-4-10-22-20(19(17)12-16)13-15-5-3-7-18(21)11-15/h3,5,7-9,11-12,20,22-23H,2,4,6,10,13-14H2,1H3. The summed E-state index contributed by atoms with van der Waals surface area (Å²) in [4.78, 5) is 0. The lowest BCUT2D eigenvalue weighted by Crippen LogP contribution is -2.25. The molecule has 1 heterocycles. The van der Waals surface area contributed by atoms with Gasteiger partial charge in [-0.25, -0.2) is 17.5 Å². The van der Waals surface area contributed by atoms with Gasteiger partial charge in [0, 0.05) is 12.6 Å². The highest BCUT2D eigenvalue weighted by molar-refractivity contribution is 7.89. The summed E-state index contributed by atoms with van der Waals surface area (Å²) in [6, 6.07) is 13.0. The number of hydrogen-bond acceptors (Lipinski definition) is 3. The summed E-state index contributed by atoms with van der Waals surface area (Å²) in [6.45, 7) is 2.82. The molecule has 0 amide bonds. The second-order valence-corrected chi connectivity index (χ2v) is 8.80. The van der Waals surface area contributed by atoms with Gasteiger partial charge in [-0.1, -0.05) is 30.3 Å². The molecule has 0 aliphatic carbocycles. The van der Waals surface area contributed by atoms with Crippen molar-refractivity contribution in [3.05, 3.63) is 70.5 Å². The van der Waals surface area contributed by atoms with Crippen molar-refractivity contribution >= 4 is 10.0 Å². The molecular weight excluding hydrogens is 351 g/mol. The van der Waals surface area contributed by atoms with Crippen LogP contribution in [0.3, 0.4) is 0 Å². The average Bonchev–Trinajstić information content (AvgIpc) is 2.82. The molecule has 2 N–H and O–H groups in total. The van der Waals surface area contributed by atoms with E-state index in [0.717, 1.165) is 30.5 Å². The summed E-state index contributed by atoms with van der Waals surface area (Å²) in [7, 11) is -3.22. The first-order chi connectivity index (χ1) is 12.5. The fraction of sp³-hybridized carbons (Fsp3) is 0.400. The Morgan fingerprint density at radius 3 is 2.81 bits per heavy atom. The number of fused-ring (bicyclic) bond motifs is 1. The number of halogens is 1. The van der Waals surface area contributed by atoms with Crippen LogP contribution in [0.1, 0.15) is 41.6 Å². The lowest BCUT2D eigenvalue weighted by molar-refractivity contribution is 0.537. The minimum atomic E-state index is -3.22. The molecule has 6 heteroatoms. The third-order valence-electron chi connectivity index (χ3n) is 4.80. The molecule has 2 aromatic carbocycles. The minimum absolute atomic E-state index is 0.0711. The molecule has 140 valence electrons. The van der Waals surface area contributed by atoms with E-state index in [1.165, 1.54) is 17.2 Å². The van der Waals surface area contributed by atoms with Gasteiger partial charge in [-0.2, -0.15) is 0 Å². The van der Waals surface area contributed by atoms with Crippen LogP contribution in [0.15, 0.2) is 42.5 Å². The van der Waals surface area contributed by atoms with E-state index in [-0.39, 0.29) is 24.2 Å². The molecule has 1 unspecified atom stereocenters. The molecular formula is C20H25FN2O2S. The van der Waals surface area contributed by atoms with Gasteiger partial charge in [0.2, 0.25) is 10.0 Å². The Kier molecular flexibility index (Phi) is 6.06. The fourth-order valence-corrected chi connectivity index (χ4v) is 3.94. The van der Waals surface area contributed by atoms with Gasteiger partial charge >= 0.3 is 0 Å². The lowest BCUT2D eigenvalue weighted by atomic mass is 9.92. The SMILES string of the molecule is CCS(=O)(=O)NCc1ccc2c(c1)C(Cc1cccc(F)c1)NCCC2. The largest absolute Gasteiger partial charge is 0.310 e. The van der Waals surface area contributed by atoms with Crippen LogP contribution in [-0.4, -0.2) is 20.7 Å². The van der Waals surface area contributed by atoms with Crippen molar-refractivity contribution in [2.75, 3.05) is 12.3 Å². The summed E-state index contributed by atoms with van der Waals surface area (Å²) in [5, 5.41) is 3.56. The molecule has 0 saturated heterocycles. The van der Waals surface area contributed by atoms with Gasteiger partial charge in [-0.05, 0) is 67.1 Å². The van der Waals surface area contributed by atoms with Gasteiger partial charge < -0.3 is 5.32 Å². The highest BCUT2D eigenvalue weighted by Gasteiger charge is 2.19. The van der Waals surface area contributed by atoms with Crippen molar-refractivity contribution in [1.29, 1.82) is 0 Å². The van der Waals surface area contributed by atoms with Crippen LogP contribution >= 0.6 is 0 Å². The molecule has 3 rings (SSSR count). The second-order valence-electron chi connectivity index (χ2n) is 6.70. The maximum Gasteiger partial charge on any atom is 0.211 e. The Balaban J connectivity index is 1.84. The number of aryl methyl sites for hydroxylation is 1. The Bertz CT molecular complexity index is 868. The summed E-state index contributed by atoms with van der Waals surface area (Å²) >= 11 is 0. The predicted octanol–water partition coefficient (Wildman–Crippen LogP) is 3.08. The van der Waals surface area contributed by atoms with Crippen LogP contribution in [0.2, 0.25) is 0 Å². The lowest BCUT2D eigenvalue weighted by Gasteiger charge is -2.20. The number of rotatable bonds is 6. The van der Waals surface area contributed by atoms with E-state index < -0.39 is 10.0 Å². The van der Waals surface area contributed by atoms with Gasteiger partial charge in [0.25, 0.3) is 0 Å². The van der Waals surface area contributed by atoms with Crippen LogP contribution in [0, 0.1) is 5.82 Å². The summed E-state index contributed by atoms with van der Waals surface area (Å²) in [6.07, 6.45) is 2.74. The molecule has 0 aromatic heterocycles. The van der Waals surface area contributed by atoms with E-state index >= 15 is 0 Å². The molecule has 26 heavy (non-hydrogen) atoms. The van der Waals surface area contributed by atoms with Crippen LogP contribution in [0.25, 0.3) is 0 Å². The van der Waals surface area contributed by atoms with Crippen LogP contribution < -0.4 is 10.0 Å². The van der Waals surface area contributed by atoms with Gasteiger partial charge in [-0.3, -0.25) is 0 Å². The number of benzene rings is 2. The van der Waals surface area contributed by atoms with Crippen LogP contribution in [0.5, 0.6) is 0 Å². The average molecular weight is 376 g/mol. The van der Waals surface area contributed by atoms with Gasteiger partial charge in [-0.15, -0.1) is 0 Å². The maximum atomic E-state index is 13.5. The van der Waals surface area contributed by atoms with Crippen molar-refractivity contribution in [3.8, 4) is 0 Å². The molecule has 2 aromatic rings. The van der Waals surface area contributed by atoms with Gasteiger partial charge in [0.15, 0.2) is 0 Å². The molecule has 0 fully saturated rings. The van der Waals surface area contributed by atoms with Crippen molar-refractivity contribution < 1.29 is 12.8 Å². The molecule has 1 aliphatic heterocycles. The smallest absolute Gasteiger partial charge is 0.211 e. The first-order valence-electron chi connectivity index (χ1n) is 9.03. The zero-order valence-corrected chi connectivity index (χ0v) is 15.8. The molecule has 0 spiro atoms. The van der Waals surface area contributed by atoms with Crippen molar-refractivity contribution in [1.82, 2.24) is 10.0 Å². The van der Waals surface area contributed by atoms with Crippen molar-refractivity contribution in [2.24, 2.45) is 0 Å². The summed E-state index contributed by atoms with van der Waals surface area (Å²) in [5.41, 5.74) is 4.35. The Morgan fingerprint density at radius 1 is 1.19 bits per heavy atom. The van der Waals surface area contributed by atoms with E-state index in [0.29, 0.717) is 6.42 Å². The number of sulfonamides is 1. The van der Waals surface area contributed by atoms with E-state index in [1.54, 1.807) is 19.1 Å². The zero-order valence-electron chi connectivity index (χ0n) is 15.0. The highest BCUT2D eigenvalue weighted by atomic mass is 32.2. The van der Waals surface area contributed by atoms with E-state index in [2.05, 4.69) is 22.2 Å². The first kappa shape index (κ1) is 19.0. The van der Waals surface area contributed by atoms with E-state index in [9.17, 15) is 12.8 Å². The second kappa shape index (κ2) is 8.29. The van der Waals surface area contributed by atoms with Gasteiger partial charge in [0.1, 0.15) is 5.82 Å². The Hall–Kier alpha value is -1.76. The molecule has 0 bridgehead atoms. The quantitative estimate of drug-likeness (QED) is 0.815. The maximum absolute atomic E-state index is 13.5. The molecule has 1 atom stereocenters. The van der Waals surface area contributed by atoms with Crippen molar-refractivity contribution in [2.45, 2.75) is 38.8 Å². The van der Waals surface area contributed by atoms with E-state index in [1.807, 2.05) is 12.1 Å². The predicted molar refractivity (Wildman–Crippen MR) is 102 cm³/mol. The van der Waals surface area contributed by atoms with E-state index in [4.69, 9.17) is 0 Å². The topological polar surface area (TPSA) is 58.2 Å². The highest BCUT2D eigenvalue weighted by Crippen LogP contribution is 2.27. The van der Waals surface area contributed by atoms with Crippen LogP contribution in [0.4, 0.5) is 4.39 Å². The third kappa shape index (κ3) is 4.90. The molecule has 0 radical (unpaired) electrons. The summed E-state index contributed by atoms with van der Waals surface area (Å²) < 4.78 is 39.5. The molecule has 0 saturated carbocycles. The zero-order chi connectivity index (χ0) is 18.6. The van der Waals surface area contributed by atoms with Gasteiger partial charge in [0.05, 0.1) is 5.75 Å². The number of hydrogen-bond donors (Lipinski definition) is 2. The summed E-state index contributed by atoms with van der Waals surface area (Å²) in [5.74, 6) is -0.152. The minimum Gasteiger partial charge on any atom is -0.310 e. The molecule has 1 aliphatic rings.